The number of rotatable bonds is 3. The maximum Gasteiger partial charge on any atom is 0.282 e. The van der Waals surface area contributed by atoms with Crippen molar-refractivity contribution in [2.45, 2.75) is 25.8 Å². The van der Waals surface area contributed by atoms with E-state index in [0.29, 0.717) is 12.6 Å². The Kier molecular flexibility index (Phi) is 2.90. The van der Waals surface area contributed by atoms with Crippen molar-refractivity contribution < 1.29 is 4.74 Å². The third kappa shape index (κ3) is 2.72. The Morgan fingerprint density at radius 2 is 2.13 bits per heavy atom. The Hall–Kier alpha value is -1.51. The van der Waals surface area contributed by atoms with Crippen molar-refractivity contribution in [2.24, 2.45) is 10.7 Å². The first-order valence-corrected chi connectivity index (χ1v) is 5.25. The highest BCUT2D eigenvalue weighted by Gasteiger charge is 2.15. The highest BCUT2D eigenvalue weighted by atomic mass is 16.5. The molecule has 1 aliphatic heterocycles. The van der Waals surface area contributed by atoms with E-state index in [2.05, 4.69) is 36.2 Å². The molecule has 0 aromatic heterocycles. The van der Waals surface area contributed by atoms with Gasteiger partial charge in [-0.3, -0.25) is 0 Å². The number of aryl methyl sites for hydroxylation is 2. The average Bonchev–Trinajstić information content (AvgIpc) is 2.64. The SMILES string of the molecule is Cc1ccc(CC[C@H]2COC(N)=N2)cc1. The summed E-state index contributed by atoms with van der Waals surface area (Å²) in [5.41, 5.74) is 8.09. The van der Waals surface area contributed by atoms with Gasteiger partial charge in [-0.2, -0.15) is 0 Å². The van der Waals surface area contributed by atoms with Gasteiger partial charge in [-0.1, -0.05) is 29.8 Å². The largest absolute Gasteiger partial charge is 0.463 e. The fraction of sp³-hybridized carbons (Fsp3) is 0.417. The van der Waals surface area contributed by atoms with E-state index in [4.69, 9.17) is 10.5 Å². The van der Waals surface area contributed by atoms with Crippen LogP contribution in [0, 0.1) is 6.92 Å². The zero-order valence-corrected chi connectivity index (χ0v) is 8.94. The van der Waals surface area contributed by atoms with Crippen LogP contribution in [-0.2, 0) is 11.2 Å². The number of amidine groups is 1. The lowest BCUT2D eigenvalue weighted by Crippen LogP contribution is -2.10. The molecule has 3 heteroatoms. The highest BCUT2D eigenvalue weighted by Crippen LogP contribution is 2.12. The van der Waals surface area contributed by atoms with Crippen molar-refractivity contribution >= 4 is 6.02 Å². The van der Waals surface area contributed by atoms with Crippen LogP contribution in [0.3, 0.4) is 0 Å². The summed E-state index contributed by atoms with van der Waals surface area (Å²) in [6.07, 6.45) is 2.04. The summed E-state index contributed by atoms with van der Waals surface area (Å²) in [6, 6.07) is 9.18. The van der Waals surface area contributed by atoms with Crippen LogP contribution >= 0.6 is 0 Å². The van der Waals surface area contributed by atoms with Gasteiger partial charge in [0.15, 0.2) is 0 Å². The number of benzene rings is 1. The molecular formula is C12H16N2O. The first-order chi connectivity index (χ1) is 7.24. The van der Waals surface area contributed by atoms with Crippen LogP contribution in [0.2, 0.25) is 0 Å². The minimum Gasteiger partial charge on any atom is -0.463 e. The molecule has 0 unspecified atom stereocenters. The molecule has 0 spiro atoms. The molecule has 0 fully saturated rings. The third-order valence-corrected chi connectivity index (χ3v) is 2.62. The van der Waals surface area contributed by atoms with Crippen molar-refractivity contribution in [1.29, 1.82) is 0 Å². The first-order valence-electron chi connectivity index (χ1n) is 5.25. The lowest BCUT2D eigenvalue weighted by Gasteiger charge is -2.05. The molecule has 1 aliphatic rings. The zero-order chi connectivity index (χ0) is 10.7. The highest BCUT2D eigenvalue weighted by molar-refractivity contribution is 5.72. The Labute approximate surface area is 90.0 Å². The number of hydrogen-bond acceptors (Lipinski definition) is 3. The topological polar surface area (TPSA) is 47.6 Å². The number of nitrogens with two attached hydrogens (primary N) is 1. The van der Waals surface area contributed by atoms with E-state index < -0.39 is 0 Å². The van der Waals surface area contributed by atoms with E-state index in [1.165, 1.54) is 11.1 Å². The van der Waals surface area contributed by atoms with Crippen molar-refractivity contribution in [2.75, 3.05) is 6.61 Å². The van der Waals surface area contributed by atoms with Crippen LogP contribution in [0.15, 0.2) is 29.3 Å². The van der Waals surface area contributed by atoms with Crippen LogP contribution in [0.5, 0.6) is 0 Å². The van der Waals surface area contributed by atoms with Crippen molar-refractivity contribution in [3.63, 3.8) is 0 Å². The second-order valence-corrected chi connectivity index (χ2v) is 3.96. The normalized spacial score (nSPS) is 19.8. The summed E-state index contributed by atoms with van der Waals surface area (Å²) in [7, 11) is 0. The first kappa shape index (κ1) is 10.0. The Bertz CT molecular complexity index is 356. The summed E-state index contributed by atoms with van der Waals surface area (Å²) >= 11 is 0. The molecule has 1 atom stereocenters. The van der Waals surface area contributed by atoms with E-state index in [-0.39, 0.29) is 6.04 Å². The fourth-order valence-corrected chi connectivity index (χ4v) is 1.67. The van der Waals surface area contributed by atoms with Gasteiger partial charge in [0.25, 0.3) is 6.02 Å². The molecule has 0 radical (unpaired) electrons. The summed E-state index contributed by atoms with van der Waals surface area (Å²) in [5.74, 6) is 0. The van der Waals surface area contributed by atoms with Gasteiger partial charge in [-0.05, 0) is 25.3 Å². The lowest BCUT2D eigenvalue weighted by atomic mass is 10.0. The lowest BCUT2D eigenvalue weighted by molar-refractivity contribution is 0.308. The monoisotopic (exact) mass is 204 g/mol. The van der Waals surface area contributed by atoms with Gasteiger partial charge in [-0.25, -0.2) is 4.99 Å². The Morgan fingerprint density at radius 1 is 1.40 bits per heavy atom. The van der Waals surface area contributed by atoms with E-state index in [1.54, 1.807) is 0 Å². The predicted octanol–water partition coefficient (Wildman–Crippen LogP) is 1.64. The Balaban J connectivity index is 1.86. The van der Waals surface area contributed by atoms with Gasteiger partial charge in [0.1, 0.15) is 6.61 Å². The van der Waals surface area contributed by atoms with E-state index in [9.17, 15) is 0 Å². The fourth-order valence-electron chi connectivity index (χ4n) is 1.67. The molecule has 2 N–H and O–H groups in total. The van der Waals surface area contributed by atoms with Crippen LogP contribution in [0.1, 0.15) is 17.5 Å². The molecule has 1 aromatic carbocycles. The standard InChI is InChI=1S/C12H16N2O/c1-9-2-4-10(5-3-9)6-7-11-8-15-12(13)14-11/h2-5,11H,6-8H2,1H3,(H2,13,14)/t11-/m0/s1. The Morgan fingerprint density at radius 3 is 2.73 bits per heavy atom. The van der Waals surface area contributed by atoms with Gasteiger partial charge < -0.3 is 10.5 Å². The van der Waals surface area contributed by atoms with Gasteiger partial charge in [0.2, 0.25) is 0 Å². The third-order valence-electron chi connectivity index (χ3n) is 2.62. The maximum atomic E-state index is 5.44. The molecule has 3 nitrogen and oxygen atoms in total. The minimum absolute atomic E-state index is 0.242. The van der Waals surface area contributed by atoms with Crippen molar-refractivity contribution in [3.05, 3.63) is 35.4 Å². The van der Waals surface area contributed by atoms with Gasteiger partial charge in [-0.15, -0.1) is 0 Å². The maximum absolute atomic E-state index is 5.44. The van der Waals surface area contributed by atoms with Gasteiger partial charge in [0, 0.05) is 0 Å². The van der Waals surface area contributed by atoms with Crippen molar-refractivity contribution in [1.82, 2.24) is 0 Å². The van der Waals surface area contributed by atoms with Gasteiger partial charge in [0.05, 0.1) is 6.04 Å². The molecule has 2 rings (SSSR count). The van der Waals surface area contributed by atoms with Gasteiger partial charge >= 0.3 is 0 Å². The number of aliphatic imine (C=N–C) groups is 1. The molecule has 0 aliphatic carbocycles. The number of hydrogen-bond donors (Lipinski definition) is 1. The van der Waals surface area contributed by atoms with Crippen LogP contribution < -0.4 is 5.73 Å². The van der Waals surface area contributed by atoms with E-state index >= 15 is 0 Å². The van der Waals surface area contributed by atoms with Crippen molar-refractivity contribution in [3.8, 4) is 0 Å². The van der Waals surface area contributed by atoms with Crippen LogP contribution in [0.4, 0.5) is 0 Å². The summed E-state index contributed by atoms with van der Waals surface area (Å²) < 4.78 is 5.10. The molecular weight excluding hydrogens is 188 g/mol. The molecule has 0 amide bonds. The predicted molar refractivity (Wildman–Crippen MR) is 60.9 cm³/mol. The zero-order valence-electron chi connectivity index (χ0n) is 8.94. The molecule has 0 saturated carbocycles. The number of nitrogens with zero attached hydrogens (tertiary/aromatic N) is 1. The summed E-state index contributed by atoms with van der Waals surface area (Å²) in [5, 5.41) is 0. The summed E-state index contributed by atoms with van der Waals surface area (Å²) in [6.45, 7) is 2.73. The quantitative estimate of drug-likeness (QED) is 0.813. The molecule has 1 heterocycles. The molecule has 15 heavy (non-hydrogen) atoms. The number of ether oxygens (including phenoxy) is 1. The minimum atomic E-state index is 0.242. The smallest absolute Gasteiger partial charge is 0.282 e. The molecule has 1 aromatic rings. The molecule has 0 bridgehead atoms. The molecule has 0 saturated heterocycles. The summed E-state index contributed by atoms with van der Waals surface area (Å²) in [4.78, 5) is 4.19. The average molecular weight is 204 g/mol. The van der Waals surface area contributed by atoms with E-state index in [1.807, 2.05) is 0 Å². The molecule has 80 valence electrons. The second-order valence-electron chi connectivity index (χ2n) is 3.96. The second kappa shape index (κ2) is 4.34. The van der Waals surface area contributed by atoms with E-state index in [0.717, 1.165) is 12.8 Å². The van der Waals surface area contributed by atoms with Crippen LogP contribution in [0.25, 0.3) is 0 Å². The van der Waals surface area contributed by atoms with Crippen LogP contribution in [-0.4, -0.2) is 18.7 Å².